The number of amidine groups is 1. The molecule has 0 saturated carbocycles. The van der Waals surface area contributed by atoms with Gasteiger partial charge >= 0.3 is 0 Å². The van der Waals surface area contributed by atoms with Crippen molar-refractivity contribution in [3.8, 4) is 5.75 Å². The van der Waals surface area contributed by atoms with Crippen molar-refractivity contribution in [1.29, 1.82) is 0 Å². The monoisotopic (exact) mass is 240 g/mol. The first-order valence-electron chi connectivity index (χ1n) is 5.03. The van der Waals surface area contributed by atoms with Crippen LogP contribution in [-0.2, 0) is 0 Å². The Hall–Kier alpha value is -1.22. The molecule has 0 bridgehead atoms. The summed E-state index contributed by atoms with van der Waals surface area (Å²) in [4.78, 5) is 4.32. The van der Waals surface area contributed by atoms with Gasteiger partial charge in [-0.3, -0.25) is 0 Å². The third-order valence-corrected chi connectivity index (χ3v) is 2.45. The van der Waals surface area contributed by atoms with Gasteiger partial charge in [0.05, 0.1) is 17.8 Å². The molecule has 16 heavy (non-hydrogen) atoms. The van der Waals surface area contributed by atoms with Gasteiger partial charge in [-0.05, 0) is 18.2 Å². The minimum atomic E-state index is -0.146. The van der Waals surface area contributed by atoms with Crippen molar-refractivity contribution in [2.45, 2.75) is 20.8 Å². The van der Waals surface area contributed by atoms with E-state index in [1.807, 2.05) is 26.8 Å². The lowest BCUT2D eigenvalue weighted by Gasteiger charge is -2.17. The predicted octanol–water partition coefficient (Wildman–Crippen LogP) is 3.38. The molecule has 1 aromatic carbocycles. The first-order valence-corrected chi connectivity index (χ1v) is 5.40. The van der Waals surface area contributed by atoms with E-state index in [1.54, 1.807) is 19.2 Å². The number of halogens is 1. The van der Waals surface area contributed by atoms with E-state index in [9.17, 15) is 0 Å². The number of hydrogen-bond acceptors (Lipinski definition) is 2. The van der Waals surface area contributed by atoms with Gasteiger partial charge in [-0.15, -0.1) is 0 Å². The molecule has 0 heterocycles. The Labute approximate surface area is 101 Å². The molecule has 1 aromatic rings. The fourth-order valence-electron chi connectivity index (χ4n) is 1.03. The topological polar surface area (TPSA) is 47.6 Å². The van der Waals surface area contributed by atoms with Gasteiger partial charge in [0.2, 0.25) is 0 Å². The normalized spacial score (nSPS) is 12.7. The van der Waals surface area contributed by atoms with E-state index in [2.05, 4.69) is 4.99 Å². The number of nitrogens with zero attached hydrogens (tertiary/aromatic N) is 1. The molecule has 1 rings (SSSR count). The molecule has 3 nitrogen and oxygen atoms in total. The van der Waals surface area contributed by atoms with E-state index in [1.165, 1.54) is 0 Å². The van der Waals surface area contributed by atoms with Crippen molar-refractivity contribution < 1.29 is 4.74 Å². The number of benzene rings is 1. The van der Waals surface area contributed by atoms with E-state index in [0.717, 1.165) is 5.69 Å². The summed E-state index contributed by atoms with van der Waals surface area (Å²) < 4.78 is 5.06. The Balaban J connectivity index is 3.04. The molecule has 0 fully saturated rings. The van der Waals surface area contributed by atoms with Crippen LogP contribution < -0.4 is 10.5 Å². The third-order valence-electron chi connectivity index (χ3n) is 2.15. The molecule has 0 aromatic heterocycles. The summed E-state index contributed by atoms with van der Waals surface area (Å²) in [5.74, 6) is 1.21. The summed E-state index contributed by atoms with van der Waals surface area (Å²) in [5, 5.41) is 0.533. The van der Waals surface area contributed by atoms with Gasteiger partial charge < -0.3 is 10.5 Å². The summed E-state index contributed by atoms with van der Waals surface area (Å²) in [5.41, 5.74) is 6.47. The van der Waals surface area contributed by atoms with Crippen molar-refractivity contribution in [1.82, 2.24) is 0 Å². The maximum absolute atomic E-state index is 5.99. The molecule has 2 N–H and O–H groups in total. The molecule has 0 aliphatic carbocycles. The van der Waals surface area contributed by atoms with Gasteiger partial charge in [0, 0.05) is 5.41 Å². The highest BCUT2D eigenvalue weighted by atomic mass is 35.5. The number of methoxy groups -OCH3 is 1. The number of ether oxygens (including phenoxy) is 1. The molecule has 0 amide bonds. The van der Waals surface area contributed by atoms with Crippen LogP contribution in [0.5, 0.6) is 5.75 Å². The zero-order valence-corrected chi connectivity index (χ0v) is 10.8. The van der Waals surface area contributed by atoms with Crippen molar-refractivity contribution in [2.24, 2.45) is 16.1 Å². The second-order valence-corrected chi connectivity index (χ2v) is 4.97. The van der Waals surface area contributed by atoms with Gasteiger partial charge in [0.1, 0.15) is 11.6 Å². The summed E-state index contributed by atoms with van der Waals surface area (Å²) in [6, 6.07) is 5.33. The lowest BCUT2D eigenvalue weighted by atomic mass is 9.95. The Morgan fingerprint density at radius 1 is 1.38 bits per heavy atom. The second kappa shape index (κ2) is 4.74. The smallest absolute Gasteiger partial charge is 0.137 e. The van der Waals surface area contributed by atoms with Crippen LogP contribution in [-0.4, -0.2) is 12.9 Å². The zero-order valence-electron chi connectivity index (χ0n) is 10.0. The highest BCUT2D eigenvalue weighted by Gasteiger charge is 2.15. The average molecular weight is 241 g/mol. The lowest BCUT2D eigenvalue weighted by molar-refractivity contribution is 0.415. The minimum Gasteiger partial charge on any atom is -0.495 e. The highest BCUT2D eigenvalue weighted by Crippen LogP contribution is 2.29. The average Bonchev–Trinajstić information content (AvgIpc) is 2.16. The first kappa shape index (κ1) is 12.8. The van der Waals surface area contributed by atoms with Gasteiger partial charge in [0.25, 0.3) is 0 Å². The first-order chi connectivity index (χ1) is 7.34. The molecule has 0 radical (unpaired) electrons. The zero-order chi connectivity index (χ0) is 12.3. The van der Waals surface area contributed by atoms with Crippen LogP contribution in [0.15, 0.2) is 23.2 Å². The number of aliphatic imine (C=N–C) groups is 1. The SMILES string of the molecule is COc1ccc(N=C(N)C(C)(C)C)cc1Cl. The maximum Gasteiger partial charge on any atom is 0.137 e. The van der Waals surface area contributed by atoms with Crippen molar-refractivity contribution in [3.63, 3.8) is 0 Å². The van der Waals surface area contributed by atoms with Crippen LogP contribution in [0.25, 0.3) is 0 Å². The van der Waals surface area contributed by atoms with E-state index in [4.69, 9.17) is 22.1 Å². The molecular weight excluding hydrogens is 224 g/mol. The molecule has 0 aliphatic heterocycles. The van der Waals surface area contributed by atoms with Crippen molar-refractivity contribution >= 4 is 23.1 Å². The van der Waals surface area contributed by atoms with E-state index >= 15 is 0 Å². The molecule has 0 spiro atoms. The van der Waals surface area contributed by atoms with Crippen LogP contribution in [0, 0.1) is 5.41 Å². The summed E-state index contributed by atoms with van der Waals surface area (Å²) in [6.45, 7) is 6.03. The molecular formula is C12H17ClN2O. The molecule has 4 heteroatoms. The maximum atomic E-state index is 5.99. The standard InChI is InChI=1S/C12H17ClN2O/c1-12(2,3)11(14)15-8-5-6-10(16-4)9(13)7-8/h5-7H,1-4H3,(H2,14,15). The summed E-state index contributed by atoms with van der Waals surface area (Å²) >= 11 is 5.99. The number of rotatable bonds is 2. The molecule has 0 atom stereocenters. The van der Waals surface area contributed by atoms with Crippen LogP contribution in [0.2, 0.25) is 5.02 Å². The van der Waals surface area contributed by atoms with E-state index in [0.29, 0.717) is 16.6 Å². The van der Waals surface area contributed by atoms with Crippen LogP contribution in [0.4, 0.5) is 5.69 Å². The predicted molar refractivity (Wildman–Crippen MR) is 68.7 cm³/mol. The van der Waals surface area contributed by atoms with E-state index < -0.39 is 0 Å². The van der Waals surface area contributed by atoms with Crippen LogP contribution >= 0.6 is 11.6 Å². The molecule has 0 unspecified atom stereocenters. The largest absolute Gasteiger partial charge is 0.495 e. The van der Waals surface area contributed by atoms with Gasteiger partial charge in [-0.2, -0.15) is 0 Å². The van der Waals surface area contributed by atoms with Crippen molar-refractivity contribution in [3.05, 3.63) is 23.2 Å². The summed E-state index contributed by atoms with van der Waals surface area (Å²) in [7, 11) is 1.58. The fourth-order valence-corrected chi connectivity index (χ4v) is 1.28. The number of nitrogens with two attached hydrogens (primary N) is 1. The third kappa shape index (κ3) is 3.14. The van der Waals surface area contributed by atoms with Gasteiger partial charge in [0.15, 0.2) is 0 Å². The highest BCUT2D eigenvalue weighted by molar-refractivity contribution is 6.32. The van der Waals surface area contributed by atoms with E-state index in [-0.39, 0.29) is 5.41 Å². The molecule has 0 aliphatic rings. The lowest BCUT2D eigenvalue weighted by Crippen LogP contribution is -2.28. The molecule has 88 valence electrons. The van der Waals surface area contributed by atoms with Crippen molar-refractivity contribution in [2.75, 3.05) is 7.11 Å². The second-order valence-electron chi connectivity index (χ2n) is 4.57. The Morgan fingerprint density at radius 3 is 2.44 bits per heavy atom. The molecule has 0 saturated heterocycles. The van der Waals surface area contributed by atoms with Crippen LogP contribution in [0.3, 0.4) is 0 Å². The quantitative estimate of drug-likeness (QED) is 0.636. The Kier molecular flexibility index (Phi) is 3.81. The Bertz CT molecular complexity index is 408. The minimum absolute atomic E-state index is 0.146. The summed E-state index contributed by atoms with van der Waals surface area (Å²) in [6.07, 6.45) is 0. The number of hydrogen-bond donors (Lipinski definition) is 1. The van der Waals surface area contributed by atoms with Crippen LogP contribution in [0.1, 0.15) is 20.8 Å². The van der Waals surface area contributed by atoms with Gasteiger partial charge in [-0.25, -0.2) is 4.99 Å². The van der Waals surface area contributed by atoms with Gasteiger partial charge in [-0.1, -0.05) is 32.4 Å². The Morgan fingerprint density at radius 2 is 2.00 bits per heavy atom. The fraction of sp³-hybridized carbons (Fsp3) is 0.417.